The first-order valence-corrected chi connectivity index (χ1v) is 8.20. The van der Waals surface area contributed by atoms with Crippen molar-refractivity contribution < 1.29 is 28.6 Å². The third-order valence-corrected chi connectivity index (χ3v) is 5.07. The van der Waals surface area contributed by atoms with Gasteiger partial charge in [0, 0.05) is 18.7 Å². The fourth-order valence-corrected chi connectivity index (χ4v) is 3.72. The summed E-state index contributed by atoms with van der Waals surface area (Å²) in [6, 6.07) is 1.91. The maximum Gasteiger partial charge on any atom is 0.332 e. The van der Waals surface area contributed by atoms with Gasteiger partial charge in [0.25, 0.3) is 5.91 Å². The Bertz CT molecular complexity index is 782. The van der Waals surface area contributed by atoms with Crippen molar-refractivity contribution in [3.05, 3.63) is 17.2 Å². The molecule has 132 valence electrons. The van der Waals surface area contributed by atoms with E-state index >= 15 is 0 Å². The molecule has 2 atom stereocenters. The number of ether oxygens (including phenoxy) is 3. The van der Waals surface area contributed by atoms with Crippen LogP contribution in [0.3, 0.4) is 0 Å². The van der Waals surface area contributed by atoms with Crippen LogP contribution in [-0.4, -0.2) is 49.3 Å². The topological polar surface area (TPSA) is 85.4 Å². The number of urea groups is 1. The van der Waals surface area contributed by atoms with Gasteiger partial charge in [-0.15, -0.1) is 0 Å². The zero-order valence-corrected chi connectivity index (χ0v) is 14.1. The van der Waals surface area contributed by atoms with Gasteiger partial charge in [-0.05, 0) is 12.8 Å². The van der Waals surface area contributed by atoms with Gasteiger partial charge in [0.2, 0.25) is 6.79 Å². The summed E-state index contributed by atoms with van der Waals surface area (Å²) in [6.45, 7) is 0.375. The number of nitrogens with zero attached hydrogens (tertiary/aromatic N) is 2. The molecule has 1 aromatic rings. The Morgan fingerprint density at radius 3 is 2.72 bits per heavy atom. The van der Waals surface area contributed by atoms with Gasteiger partial charge in [0.05, 0.1) is 23.7 Å². The van der Waals surface area contributed by atoms with Crippen LogP contribution in [0, 0.1) is 5.92 Å². The fraction of sp³-hybridized carbons (Fsp3) is 0.438. The van der Waals surface area contributed by atoms with Crippen LogP contribution in [0.4, 0.5) is 10.5 Å². The van der Waals surface area contributed by atoms with Crippen LogP contribution in [0.2, 0.25) is 5.02 Å². The summed E-state index contributed by atoms with van der Waals surface area (Å²) >= 11 is 6.24. The number of amides is 3. The summed E-state index contributed by atoms with van der Waals surface area (Å²) in [4.78, 5) is 39.9. The van der Waals surface area contributed by atoms with Crippen molar-refractivity contribution in [2.75, 3.05) is 25.3 Å². The molecule has 3 heterocycles. The summed E-state index contributed by atoms with van der Waals surface area (Å²) in [7, 11) is 1.31. The minimum atomic E-state index is -0.688. The summed E-state index contributed by atoms with van der Waals surface area (Å²) in [5.41, 5.74) is 0.255. The van der Waals surface area contributed by atoms with E-state index in [2.05, 4.69) is 0 Å². The van der Waals surface area contributed by atoms with Gasteiger partial charge >= 0.3 is 12.0 Å². The molecule has 25 heavy (non-hydrogen) atoms. The van der Waals surface area contributed by atoms with Gasteiger partial charge in [-0.2, -0.15) is 0 Å². The summed E-state index contributed by atoms with van der Waals surface area (Å²) in [5, 5.41) is 0.218. The maximum absolute atomic E-state index is 12.8. The number of imide groups is 1. The highest BCUT2D eigenvalue weighted by Crippen LogP contribution is 2.43. The molecule has 3 aliphatic rings. The van der Waals surface area contributed by atoms with E-state index in [1.807, 2.05) is 0 Å². The van der Waals surface area contributed by atoms with Crippen LogP contribution in [-0.2, 0) is 14.3 Å². The number of benzene rings is 1. The number of hydrogen-bond acceptors (Lipinski definition) is 6. The van der Waals surface area contributed by atoms with E-state index in [0.717, 1.165) is 4.90 Å². The number of halogens is 1. The van der Waals surface area contributed by atoms with Crippen LogP contribution >= 0.6 is 11.6 Å². The van der Waals surface area contributed by atoms with Crippen molar-refractivity contribution in [1.82, 2.24) is 4.90 Å². The average Bonchev–Trinajstić information content (AvgIpc) is 3.16. The molecule has 1 aromatic carbocycles. The molecule has 2 saturated heterocycles. The fourth-order valence-electron chi connectivity index (χ4n) is 3.48. The molecule has 9 heteroatoms. The molecule has 0 radical (unpaired) electrons. The number of esters is 1. The standard InChI is InChI=1S/C16H15ClN2O6/c1-23-15(21)8-2-3-18-11(4-8)14(20)19(16(18)22)10-6-13-12(5-9(10)17)24-7-25-13/h5-6,8,11H,2-4,7H2,1H3. The lowest BCUT2D eigenvalue weighted by atomic mass is 9.91. The largest absolute Gasteiger partial charge is 0.469 e. The molecule has 0 aliphatic carbocycles. The lowest BCUT2D eigenvalue weighted by Crippen LogP contribution is -2.44. The first-order chi connectivity index (χ1) is 12.0. The first-order valence-electron chi connectivity index (χ1n) is 7.82. The first kappa shape index (κ1) is 16.0. The third-order valence-electron chi connectivity index (χ3n) is 4.76. The quantitative estimate of drug-likeness (QED) is 0.586. The van der Waals surface area contributed by atoms with Crippen molar-refractivity contribution in [3.63, 3.8) is 0 Å². The summed E-state index contributed by atoms with van der Waals surface area (Å²) in [5.74, 6) is -0.261. The van der Waals surface area contributed by atoms with E-state index in [1.54, 1.807) is 0 Å². The Hall–Kier alpha value is -2.48. The highest BCUT2D eigenvalue weighted by atomic mass is 35.5. The van der Waals surface area contributed by atoms with Crippen LogP contribution in [0.5, 0.6) is 11.5 Å². The Balaban J connectivity index is 1.66. The molecule has 8 nitrogen and oxygen atoms in total. The molecular weight excluding hydrogens is 352 g/mol. The number of anilines is 1. The number of methoxy groups -OCH3 is 1. The average molecular weight is 367 g/mol. The molecular formula is C16H15ClN2O6. The van der Waals surface area contributed by atoms with Crippen LogP contribution in [0.25, 0.3) is 0 Å². The predicted octanol–water partition coefficient (Wildman–Crippen LogP) is 1.79. The van der Waals surface area contributed by atoms with Crippen molar-refractivity contribution >= 4 is 35.2 Å². The van der Waals surface area contributed by atoms with Gasteiger partial charge in [0.1, 0.15) is 6.04 Å². The zero-order chi connectivity index (χ0) is 17.7. The van der Waals surface area contributed by atoms with Gasteiger partial charge in [-0.25, -0.2) is 9.69 Å². The third kappa shape index (κ3) is 2.39. The van der Waals surface area contributed by atoms with Crippen LogP contribution in [0.1, 0.15) is 12.8 Å². The van der Waals surface area contributed by atoms with Crippen molar-refractivity contribution in [1.29, 1.82) is 0 Å². The molecule has 0 bridgehead atoms. The number of piperidine rings is 1. The molecule has 4 rings (SSSR count). The SMILES string of the molecule is COC(=O)C1CCN2C(=O)N(c3cc4c(cc3Cl)OCO4)C(=O)C2C1. The van der Waals surface area contributed by atoms with E-state index < -0.39 is 23.9 Å². The molecule has 0 saturated carbocycles. The van der Waals surface area contributed by atoms with E-state index in [-0.39, 0.29) is 29.9 Å². The molecule has 0 spiro atoms. The minimum Gasteiger partial charge on any atom is -0.469 e. The number of carbonyl (C=O) groups is 3. The van der Waals surface area contributed by atoms with Crippen LogP contribution < -0.4 is 14.4 Å². The second kappa shape index (κ2) is 5.80. The van der Waals surface area contributed by atoms with E-state index in [1.165, 1.54) is 24.1 Å². The van der Waals surface area contributed by atoms with E-state index in [9.17, 15) is 14.4 Å². The number of carbonyl (C=O) groups excluding carboxylic acids is 3. The second-order valence-corrected chi connectivity index (χ2v) is 6.47. The van der Waals surface area contributed by atoms with E-state index in [0.29, 0.717) is 24.5 Å². The predicted molar refractivity (Wildman–Crippen MR) is 85.7 cm³/mol. The molecule has 3 aliphatic heterocycles. The lowest BCUT2D eigenvalue weighted by molar-refractivity contribution is -0.147. The Morgan fingerprint density at radius 1 is 1.28 bits per heavy atom. The smallest absolute Gasteiger partial charge is 0.332 e. The lowest BCUT2D eigenvalue weighted by Gasteiger charge is -2.30. The highest BCUT2D eigenvalue weighted by Gasteiger charge is 2.50. The van der Waals surface area contributed by atoms with Gasteiger partial charge in [-0.3, -0.25) is 9.59 Å². The molecule has 2 fully saturated rings. The Labute approximate surface area is 148 Å². The molecule has 0 aromatic heterocycles. The van der Waals surface area contributed by atoms with Crippen molar-refractivity contribution in [2.45, 2.75) is 18.9 Å². The van der Waals surface area contributed by atoms with Crippen LogP contribution in [0.15, 0.2) is 12.1 Å². The molecule has 2 unspecified atom stereocenters. The minimum absolute atomic E-state index is 0.0621. The Kier molecular flexibility index (Phi) is 3.72. The number of rotatable bonds is 2. The monoisotopic (exact) mass is 366 g/mol. The van der Waals surface area contributed by atoms with Gasteiger partial charge in [0.15, 0.2) is 11.5 Å². The van der Waals surface area contributed by atoms with E-state index in [4.69, 9.17) is 25.8 Å². The molecule has 0 N–H and O–H groups in total. The normalized spacial score (nSPS) is 24.6. The van der Waals surface area contributed by atoms with Gasteiger partial charge < -0.3 is 19.1 Å². The second-order valence-electron chi connectivity index (χ2n) is 6.07. The number of fused-ring (bicyclic) bond motifs is 2. The number of hydrogen-bond donors (Lipinski definition) is 0. The maximum atomic E-state index is 12.8. The molecule has 3 amide bonds. The van der Waals surface area contributed by atoms with Crippen molar-refractivity contribution in [3.8, 4) is 11.5 Å². The van der Waals surface area contributed by atoms with Gasteiger partial charge in [-0.1, -0.05) is 11.6 Å². The van der Waals surface area contributed by atoms with Crippen molar-refractivity contribution in [2.24, 2.45) is 5.92 Å². The summed E-state index contributed by atoms with van der Waals surface area (Å²) < 4.78 is 15.3. The zero-order valence-electron chi connectivity index (χ0n) is 13.4. The summed E-state index contributed by atoms with van der Waals surface area (Å²) in [6.07, 6.45) is 0.709. The Morgan fingerprint density at radius 2 is 2.00 bits per heavy atom. The highest BCUT2D eigenvalue weighted by molar-refractivity contribution is 6.36.